The zero-order chi connectivity index (χ0) is 9.97. The Kier molecular flexibility index (Phi) is 3.06. The van der Waals surface area contributed by atoms with E-state index < -0.39 is 0 Å². The molecule has 2 aliphatic rings. The highest BCUT2D eigenvalue weighted by Crippen LogP contribution is 2.31. The smallest absolute Gasteiger partial charge is 0.236 e. The topological polar surface area (TPSA) is 32.3 Å². The monoisotopic (exact) mass is 196 g/mol. The van der Waals surface area contributed by atoms with Crippen molar-refractivity contribution in [1.29, 1.82) is 0 Å². The Balaban J connectivity index is 1.86. The number of nitrogens with one attached hydrogen (secondary N) is 1. The molecule has 3 nitrogen and oxygen atoms in total. The molecule has 1 amide bonds. The van der Waals surface area contributed by atoms with Crippen molar-refractivity contribution >= 4 is 5.91 Å². The molecule has 1 saturated carbocycles. The van der Waals surface area contributed by atoms with Crippen molar-refractivity contribution in [3.63, 3.8) is 0 Å². The van der Waals surface area contributed by atoms with Gasteiger partial charge >= 0.3 is 0 Å². The van der Waals surface area contributed by atoms with E-state index in [1.165, 1.54) is 19.3 Å². The minimum absolute atomic E-state index is 0.287. The molecule has 2 unspecified atom stereocenters. The van der Waals surface area contributed by atoms with E-state index in [2.05, 4.69) is 12.2 Å². The van der Waals surface area contributed by atoms with Crippen molar-refractivity contribution in [2.24, 2.45) is 11.8 Å². The predicted molar refractivity (Wildman–Crippen MR) is 56.0 cm³/mol. The van der Waals surface area contributed by atoms with Crippen LogP contribution >= 0.6 is 0 Å². The molecule has 1 N–H and O–H groups in total. The van der Waals surface area contributed by atoms with Gasteiger partial charge in [-0.2, -0.15) is 0 Å². The molecular formula is C11H20N2O. The van der Waals surface area contributed by atoms with Gasteiger partial charge in [-0.3, -0.25) is 4.79 Å². The number of piperazine rings is 1. The van der Waals surface area contributed by atoms with Gasteiger partial charge in [-0.05, 0) is 18.3 Å². The number of carbonyl (C=O) groups is 1. The first-order valence-corrected chi connectivity index (χ1v) is 5.76. The van der Waals surface area contributed by atoms with Gasteiger partial charge < -0.3 is 10.2 Å². The van der Waals surface area contributed by atoms with E-state index >= 15 is 0 Å². The Morgan fingerprint density at radius 3 is 3.00 bits per heavy atom. The Hall–Kier alpha value is -0.570. The first kappa shape index (κ1) is 9.97. The van der Waals surface area contributed by atoms with Crippen molar-refractivity contribution in [1.82, 2.24) is 10.2 Å². The lowest BCUT2D eigenvalue weighted by atomic mass is 9.97. The highest BCUT2D eigenvalue weighted by Gasteiger charge is 2.27. The molecule has 14 heavy (non-hydrogen) atoms. The molecule has 1 saturated heterocycles. The number of nitrogens with zero attached hydrogens (tertiary/aromatic N) is 1. The average Bonchev–Trinajstić information content (AvgIpc) is 2.56. The Morgan fingerprint density at radius 2 is 2.36 bits per heavy atom. The Labute approximate surface area is 85.8 Å². The second-order valence-corrected chi connectivity index (χ2v) is 4.68. The largest absolute Gasteiger partial charge is 0.340 e. The molecule has 2 atom stereocenters. The van der Waals surface area contributed by atoms with E-state index in [0.29, 0.717) is 6.54 Å². The molecule has 2 fully saturated rings. The highest BCUT2D eigenvalue weighted by atomic mass is 16.2. The summed E-state index contributed by atoms with van der Waals surface area (Å²) >= 11 is 0. The summed E-state index contributed by atoms with van der Waals surface area (Å²) in [4.78, 5) is 13.6. The minimum atomic E-state index is 0.287. The summed E-state index contributed by atoms with van der Waals surface area (Å²) < 4.78 is 0. The van der Waals surface area contributed by atoms with Gasteiger partial charge in [0.2, 0.25) is 5.91 Å². The summed E-state index contributed by atoms with van der Waals surface area (Å²) in [7, 11) is 0. The van der Waals surface area contributed by atoms with E-state index in [-0.39, 0.29) is 5.91 Å². The van der Waals surface area contributed by atoms with Gasteiger partial charge in [-0.25, -0.2) is 0 Å². The van der Waals surface area contributed by atoms with E-state index in [4.69, 9.17) is 0 Å². The second kappa shape index (κ2) is 4.30. The maximum atomic E-state index is 11.6. The summed E-state index contributed by atoms with van der Waals surface area (Å²) in [5.41, 5.74) is 0. The third-order valence-corrected chi connectivity index (χ3v) is 3.68. The maximum Gasteiger partial charge on any atom is 0.236 e. The van der Waals surface area contributed by atoms with Gasteiger partial charge in [0.1, 0.15) is 0 Å². The maximum absolute atomic E-state index is 11.6. The van der Waals surface area contributed by atoms with Crippen LogP contribution in [0.2, 0.25) is 0 Å². The predicted octanol–water partition coefficient (Wildman–Crippen LogP) is 0.854. The highest BCUT2D eigenvalue weighted by molar-refractivity contribution is 5.78. The molecule has 1 aliphatic heterocycles. The normalized spacial score (nSPS) is 33.8. The fourth-order valence-corrected chi connectivity index (χ4v) is 2.62. The number of carbonyl (C=O) groups excluding carboxylic acids is 1. The second-order valence-electron chi connectivity index (χ2n) is 4.68. The van der Waals surface area contributed by atoms with Crippen LogP contribution in [0, 0.1) is 11.8 Å². The molecule has 1 aliphatic carbocycles. The SMILES string of the molecule is CC1CCCC1CN1CCNCC1=O. The van der Waals surface area contributed by atoms with Crippen molar-refractivity contribution in [3.05, 3.63) is 0 Å². The third-order valence-electron chi connectivity index (χ3n) is 3.68. The van der Waals surface area contributed by atoms with Gasteiger partial charge in [0, 0.05) is 19.6 Å². The Bertz CT molecular complexity index is 217. The number of hydrogen-bond acceptors (Lipinski definition) is 2. The molecule has 0 aromatic carbocycles. The van der Waals surface area contributed by atoms with Crippen molar-refractivity contribution in [2.75, 3.05) is 26.2 Å². The quantitative estimate of drug-likeness (QED) is 0.710. The van der Waals surface area contributed by atoms with Crippen LogP contribution in [0.5, 0.6) is 0 Å². The molecule has 2 rings (SSSR count). The molecule has 0 radical (unpaired) electrons. The molecule has 80 valence electrons. The van der Waals surface area contributed by atoms with E-state index in [1.807, 2.05) is 4.90 Å². The standard InChI is InChI=1S/C11H20N2O/c1-9-3-2-4-10(9)8-13-6-5-12-7-11(13)14/h9-10,12H,2-8H2,1H3. The fourth-order valence-electron chi connectivity index (χ4n) is 2.62. The number of rotatable bonds is 2. The summed E-state index contributed by atoms with van der Waals surface area (Å²) in [6.45, 7) is 5.74. The molecule has 3 heteroatoms. The zero-order valence-corrected chi connectivity index (χ0v) is 8.96. The van der Waals surface area contributed by atoms with Gasteiger partial charge in [-0.15, -0.1) is 0 Å². The molecule has 1 heterocycles. The van der Waals surface area contributed by atoms with Gasteiger partial charge in [0.05, 0.1) is 6.54 Å². The van der Waals surface area contributed by atoms with Crippen LogP contribution in [-0.4, -0.2) is 37.0 Å². The lowest BCUT2D eigenvalue weighted by molar-refractivity contribution is -0.132. The minimum Gasteiger partial charge on any atom is -0.340 e. The van der Waals surface area contributed by atoms with E-state index in [0.717, 1.165) is 31.5 Å². The van der Waals surface area contributed by atoms with Crippen molar-refractivity contribution < 1.29 is 4.79 Å². The lowest BCUT2D eigenvalue weighted by Gasteiger charge is -2.31. The van der Waals surface area contributed by atoms with Gasteiger partial charge in [-0.1, -0.05) is 19.8 Å². The fraction of sp³-hybridized carbons (Fsp3) is 0.909. The Morgan fingerprint density at radius 1 is 1.50 bits per heavy atom. The van der Waals surface area contributed by atoms with E-state index in [1.54, 1.807) is 0 Å². The summed E-state index contributed by atoms with van der Waals surface area (Å²) in [5, 5.41) is 3.11. The van der Waals surface area contributed by atoms with Crippen LogP contribution in [0.3, 0.4) is 0 Å². The van der Waals surface area contributed by atoms with Crippen LogP contribution in [0.25, 0.3) is 0 Å². The van der Waals surface area contributed by atoms with Crippen LogP contribution in [-0.2, 0) is 4.79 Å². The third kappa shape index (κ3) is 2.08. The van der Waals surface area contributed by atoms with E-state index in [9.17, 15) is 4.79 Å². The van der Waals surface area contributed by atoms with Crippen LogP contribution in [0.15, 0.2) is 0 Å². The molecule has 0 aromatic rings. The average molecular weight is 196 g/mol. The number of amides is 1. The molecular weight excluding hydrogens is 176 g/mol. The zero-order valence-electron chi connectivity index (χ0n) is 8.96. The van der Waals surface area contributed by atoms with Crippen molar-refractivity contribution in [3.8, 4) is 0 Å². The first-order valence-electron chi connectivity index (χ1n) is 5.76. The summed E-state index contributed by atoms with van der Waals surface area (Å²) in [6, 6.07) is 0. The van der Waals surface area contributed by atoms with Crippen molar-refractivity contribution in [2.45, 2.75) is 26.2 Å². The van der Waals surface area contributed by atoms with Crippen LogP contribution in [0.1, 0.15) is 26.2 Å². The van der Waals surface area contributed by atoms with Gasteiger partial charge in [0.25, 0.3) is 0 Å². The molecule has 0 spiro atoms. The first-order chi connectivity index (χ1) is 6.77. The van der Waals surface area contributed by atoms with Crippen LogP contribution < -0.4 is 5.32 Å². The summed E-state index contributed by atoms with van der Waals surface area (Å²) in [5.74, 6) is 1.87. The van der Waals surface area contributed by atoms with Gasteiger partial charge in [0.15, 0.2) is 0 Å². The van der Waals surface area contributed by atoms with Crippen LogP contribution in [0.4, 0.5) is 0 Å². The lowest BCUT2D eigenvalue weighted by Crippen LogP contribution is -2.49. The summed E-state index contributed by atoms with van der Waals surface area (Å²) in [6.07, 6.45) is 4.02. The molecule has 0 bridgehead atoms. The number of hydrogen-bond donors (Lipinski definition) is 1. The molecule has 0 aromatic heterocycles.